The van der Waals surface area contributed by atoms with Gasteiger partial charge in [0.25, 0.3) is 0 Å². The van der Waals surface area contributed by atoms with E-state index in [1.165, 1.54) is 62.2 Å². The van der Waals surface area contributed by atoms with Crippen LogP contribution in [0.1, 0.15) is 80.9 Å². The molecular formula is C23H29N3. The highest BCUT2D eigenvalue weighted by molar-refractivity contribution is 5.25. The molecule has 4 aliphatic carbocycles. The minimum absolute atomic E-state index is 0.346. The van der Waals surface area contributed by atoms with Gasteiger partial charge in [-0.3, -0.25) is 0 Å². The molecule has 7 rings (SSSR count). The number of nitrogens with zero attached hydrogens (tertiary/aromatic N) is 3. The van der Waals surface area contributed by atoms with Gasteiger partial charge in [0.2, 0.25) is 0 Å². The highest BCUT2D eigenvalue weighted by Gasteiger charge is 2.54. The van der Waals surface area contributed by atoms with Crippen molar-refractivity contribution in [2.75, 3.05) is 0 Å². The molecular weight excluding hydrogens is 318 g/mol. The smallest absolute Gasteiger partial charge is 0.139 e. The van der Waals surface area contributed by atoms with Crippen molar-refractivity contribution in [2.24, 2.45) is 17.8 Å². The molecule has 1 aromatic heterocycles. The molecule has 0 amide bonds. The van der Waals surface area contributed by atoms with E-state index in [2.05, 4.69) is 41.8 Å². The zero-order valence-electron chi connectivity index (χ0n) is 15.8. The molecule has 5 aliphatic rings. The van der Waals surface area contributed by atoms with Gasteiger partial charge in [-0.2, -0.15) is 0 Å². The Hall–Kier alpha value is -1.64. The van der Waals surface area contributed by atoms with Gasteiger partial charge in [-0.25, -0.2) is 0 Å². The Labute approximate surface area is 156 Å². The molecule has 0 N–H and O–H groups in total. The van der Waals surface area contributed by atoms with Crippen LogP contribution in [0.4, 0.5) is 0 Å². The zero-order chi connectivity index (χ0) is 17.3. The number of hydrogen-bond acceptors (Lipinski definition) is 2. The molecule has 0 saturated heterocycles. The van der Waals surface area contributed by atoms with E-state index in [1.54, 1.807) is 0 Å². The fourth-order valence-corrected chi connectivity index (χ4v) is 7.43. The van der Waals surface area contributed by atoms with Crippen molar-refractivity contribution in [1.82, 2.24) is 14.8 Å². The Morgan fingerprint density at radius 3 is 2.19 bits per heavy atom. The van der Waals surface area contributed by atoms with Crippen molar-refractivity contribution in [3.05, 3.63) is 47.5 Å². The minimum Gasteiger partial charge on any atom is -0.314 e. The van der Waals surface area contributed by atoms with Crippen LogP contribution in [-0.2, 0) is 12.0 Å². The summed E-state index contributed by atoms with van der Waals surface area (Å²) in [5.74, 6) is 6.59. The minimum atomic E-state index is 0.346. The van der Waals surface area contributed by atoms with E-state index < -0.39 is 0 Å². The summed E-state index contributed by atoms with van der Waals surface area (Å²) < 4.78 is 2.57. The normalized spacial score (nSPS) is 40.6. The van der Waals surface area contributed by atoms with Crippen LogP contribution in [0.15, 0.2) is 30.3 Å². The van der Waals surface area contributed by atoms with Gasteiger partial charge in [0.1, 0.15) is 11.6 Å². The molecule has 2 unspecified atom stereocenters. The Morgan fingerprint density at radius 1 is 0.885 bits per heavy atom. The van der Waals surface area contributed by atoms with E-state index >= 15 is 0 Å². The van der Waals surface area contributed by atoms with E-state index in [1.807, 2.05) is 0 Å². The van der Waals surface area contributed by atoms with Crippen LogP contribution < -0.4 is 0 Å². The Kier molecular flexibility index (Phi) is 3.22. The molecule has 0 radical (unpaired) electrons. The molecule has 2 aromatic rings. The van der Waals surface area contributed by atoms with E-state index in [9.17, 15) is 0 Å². The first-order chi connectivity index (χ1) is 12.7. The van der Waals surface area contributed by atoms with Crippen LogP contribution in [0.5, 0.6) is 0 Å². The molecule has 0 spiro atoms. The molecule has 136 valence electrons. The van der Waals surface area contributed by atoms with E-state index in [4.69, 9.17) is 10.2 Å². The standard InChI is InChI=1S/C23H29N3/c1-15-7-20(19-5-3-2-4-6-19)14-26-21(15)24-25-22(26)23-11-16-8-17(12-23)10-18(9-16)13-23/h2-6,15-18,20H,7-14H2,1H3. The fourth-order valence-electron chi connectivity index (χ4n) is 7.43. The average molecular weight is 348 g/mol. The first kappa shape index (κ1) is 15.4. The number of benzene rings is 1. The zero-order valence-corrected chi connectivity index (χ0v) is 15.8. The summed E-state index contributed by atoms with van der Waals surface area (Å²) in [6.07, 6.45) is 9.80. The Morgan fingerprint density at radius 2 is 1.54 bits per heavy atom. The first-order valence-corrected chi connectivity index (χ1v) is 10.7. The van der Waals surface area contributed by atoms with Crippen LogP contribution in [0.2, 0.25) is 0 Å². The predicted molar refractivity (Wildman–Crippen MR) is 102 cm³/mol. The summed E-state index contributed by atoms with van der Waals surface area (Å²) >= 11 is 0. The molecule has 4 fully saturated rings. The predicted octanol–water partition coefficient (Wildman–Crippen LogP) is 5.04. The third-order valence-electron chi connectivity index (χ3n) is 8.04. The molecule has 2 heterocycles. The maximum atomic E-state index is 4.88. The van der Waals surface area contributed by atoms with Crippen molar-refractivity contribution in [3.63, 3.8) is 0 Å². The van der Waals surface area contributed by atoms with Crippen LogP contribution in [0.25, 0.3) is 0 Å². The molecule has 1 aromatic carbocycles. The first-order valence-electron chi connectivity index (χ1n) is 10.7. The summed E-state index contributed by atoms with van der Waals surface area (Å²) in [6.45, 7) is 3.42. The third kappa shape index (κ3) is 2.18. The molecule has 3 nitrogen and oxygen atoms in total. The van der Waals surface area contributed by atoms with Crippen molar-refractivity contribution in [3.8, 4) is 0 Å². The largest absolute Gasteiger partial charge is 0.314 e. The lowest BCUT2D eigenvalue weighted by atomic mass is 9.49. The Bertz CT molecular complexity index is 786. The molecule has 4 saturated carbocycles. The molecule has 2 atom stereocenters. The SMILES string of the molecule is CC1CC(c2ccccc2)Cn2c1nnc2C12CC3CC(CC(C3)C1)C2. The summed E-state index contributed by atoms with van der Waals surface area (Å²) in [7, 11) is 0. The molecule has 4 bridgehead atoms. The molecule has 26 heavy (non-hydrogen) atoms. The van der Waals surface area contributed by atoms with E-state index in [0.717, 1.165) is 24.3 Å². The average Bonchev–Trinajstić information content (AvgIpc) is 3.07. The van der Waals surface area contributed by atoms with E-state index in [-0.39, 0.29) is 0 Å². The van der Waals surface area contributed by atoms with Crippen LogP contribution >= 0.6 is 0 Å². The lowest BCUT2D eigenvalue weighted by Crippen LogP contribution is -2.50. The van der Waals surface area contributed by atoms with Crippen molar-refractivity contribution < 1.29 is 0 Å². The monoisotopic (exact) mass is 347 g/mol. The van der Waals surface area contributed by atoms with Gasteiger partial charge in [-0.1, -0.05) is 37.3 Å². The van der Waals surface area contributed by atoms with Crippen LogP contribution in [-0.4, -0.2) is 14.8 Å². The van der Waals surface area contributed by atoms with Gasteiger partial charge in [0.15, 0.2) is 0 Å². The maximum Gasteiger partial charge on any atom is 0.139 e. The van der Waals surface area contributed by atoms with Crippen molar-refractivity contribution >= 4 is 0 Å². The second kappa shape index (κ2) is 5.43. The highest BCUT2D eigenvalue weighted by atomic mass is 15.3. The highest BCUT2D eigenvalue weighted by Crippen LogP contribution is 2.60. The summed E-state index contributed by atoms with van der Waals surface area (Å²) in [4.78, 5) is 0. The van der Waals surface area contributed by atoms with Crippen LogP contribution in [0.3, 0.4) is 0 Å². The summed E-state index contributed by atoms with van der Waals surface area (Å²) in [5.41, 5.74) is 1.83. The number of hydrogen-bond donors (Lipinski definition) is 0. The van der Waals surface area contributed by atoms with Gasteiger partial charge >= 0.3 is 0 Å². The molecule has 3 heteroatoms. The van der Waals surface area contributed by atoms with Crippen molar-refractivity contribution in [2.45, 2.75) is 75.7 Å². The summed E-state index contributed by atoms with van der Waals surface area (Å²) in [5, 5.41) is 9.62. The van der Waals surface area contributed by atoms with Gasteiger partial charge in [-0.15, -0.1) is 10.2 Å². The van der Waals surface area contributed by atoms with Crippen molar-refractivity contribution in [1.29, 1.82) is 0 Å². The second-order valence-electron chi connectivity index (χ2n) is 9.93. The maximum absolute atomic E-state index is 4.88. The van der Waals surface area contributed by atoms with Gasteiger partial charge in [0.05, 0.1) is 0 Å². The van der Waals surface area contributed by atoms with Gasteiger partial charge < -0.3 is 4.57 Å². The van der Waals surface area contributed by atoms with Crippen LogP contribution in [0, 0.1) is 17.8 Å². The van der Waals surface area contributed by atoms with E-state index in [0.29, 0.717) is 17.3 Å². The summed E-state index contributed by atoms with van der Waals surface area (Å²) in [6, 6.07) is 11.1. The second-order valence-corrected chi connectivity index (χ2v) is 9.93. The fraction of sp³-hybridized carbons (Fsp3) is 0.652. The van der Waals surface area contributed by atoms with Gasteiger partial charge in [0, 0.05) is 23.8 Å². The topological polar surface area (TPSA) is 30.7 Å². The Balaban J connectivity index is 1.40. The third-order valence-corrected chi connectivity index (χ3v) is 8.04. The molecule has 1 aliphatic heterocycles. The number of rotatable bonds is 2. The number of aromatic nitrogens is 3. The number of fused-ring (bicyclic) bond motifs is 1. The quantitative estimate of drug-likeness (QED) is 0.762. The lowest BCUT2D eigenvalue weighted by molar-refractivity contribution is -0.0116. The van der Waals surface area contributed by atoms with Gasteiger partial charge in [-0.05, 0) is 68.3 Å². The lowest BCUT2D eigenvalue weighted by Gasteiger charge is -2.56.